The summed E-state index contributed by atoms with van der Waals surface area (Å²) in [6, 6.07) is 0.627. The van der Waals surface area contributed by atoms with E-state index in [1.165, 1.54) is 25.7 Å². The van der Waals surface area contributed by atoms with E-state index in [1.807, 2.05) is 6.92 Å². The quantitative estimate of drug-likeness (QED) is 0.752. The summed E-state index contributed by atoms with van der Waals surface area (Å²) in [5, 5.41) is 3.20. The second-order valence-corrected chi connectivity index (χ2v) is 5.28. The second kappa shape index (κ2) is 5.87. The van der Waals surface area contributed by atoms with Gasteiger partial charge >= 0.3 is 0 Å². The first-order chi connectivity index (χ1) is 7.16. The van der Waals surface area contributed by atoms with Crippen molar-refractivity contribution >= 4 is 18.3 Å². The van der Waals surface area contributed by atoms with Crippen LogP contribution in [0.2, 0.25) is 0 Å². The summed E-state index contributed by atoms with van der Waals surface area (Å²) in [6.07, 6.45) is 6.65. The van der Waals surface area contributed by atoms with Gasteiger partial charge in [-0.15, -0.1) is 12.4 Å². The molecule has 0 aromatic heterocycles. The van der Waals surface area contributed by atoms with Crippen LogP contribution >= 0.6 is 12.4 Å². The Bertz CT molecular complexity index is 225. The van der Waals surface area contributed by atoms with Crippen molar-refractivity contribution in [1.29, 1.82) is 0 Å². The van der Waals surface area contributed by atoms with Crippen molar-refractivity contribution < 1.29 is 4.79 Å². The third-order valence-electron chi connectivity index (χ3n) is 3.41. The smallest absolute Gasteiger partial charge is 0.220 e. The fourth-order valence-corrected chi connectivity index (χ4v) is 2.15. The predicted octanol–water partition coefficient (Wildman–Crippen LogP) is 1.84. The fraction of sp³-hybridized carbons (Fsp3) is 0.917. The molecule has 0 aliphatic heterocycles. The molecule has 1 atom stereocenters. The van der Waals surface area contributed by atoms with E-state index < -0.39 is 0 Å². The number of hydrogen-bond acceptors (Lipinski definition) is 2. The van der Waals surface area contributed by atoms with E-state index in [2.05, 4.69) is 5.32 Å². The first-order valence-electron chi connectivity index (χ1n) is 6.21. The Morgan fingerprint density at radius 1 is 1.31 bits per heavy atom. The zero-order chi connectivity index (χ0) is 10.8. The normalized spacial score (nSPS) is 21.4. The minimum atomic E-state index is 0. The van der Waals surface area contributed by atoms with Gasteiger partial charge in [-0.1, -0.05) is 0 Å². The Morgan fingerprint density at radius 2 is 1.81 bits per heavy atom. The lowest BCUT2D eigenvalue weighted by Gasteiger charge is -2.17. The van der Waals surface area contributed by atoms with Gasteiger partial charge in [0.25, 0.3) is 0 Å². The monoisotopic (exact) mass is 246 g/mol. The van der Waals surface area contributed by atoms with Crippen LogP contribution in [0.25, 0.3) is 0 Å². The summed E-state index contributed by atoms with van der Waals surface area (Å²) in [6.45, 7) is 1.95. The summed E-state index contributed by atoms with van der Waals surface area (Å²) in [5.41, 5.74) is 5.64. The summed E-state index contributed by atoms with van der Waals surface area (Å²) < 4.78 is 0. The molecule has 0 heterocycles. The molecule has 2 saturated carbocycles. The molecule has 0 spiro atoms. The van der Waals surface area contributed by atoms with Crippen molar-refractivity contribution in [2.24, 2.45) is 17.6 Å². The molecule has 94 valence electrons. The van der Waals surface area contributed by atoms with E-state index in [0.29, 0.717) is 12.5 Å². The summed E-state index contributed by atoms with van der Waals surface area (Å²) in [4.78, 5) is 11.7. The number of hydrogen-bond donors (Lipinski definition) is 2. The Labute approximate surface area is 104 Å². The highest BCUT2D eigenvalue weighted by atomic mass is 35.5. The first-order valence-corrected chi connectivity index (χ1v) is 6.21. The van der Waals surface area contributed by atoms with Gasteiger partial charge in [-0.25, -0.2) is 0 Å². The highest BCUT2D eigenvalue weighted by Gasteiger charge is 2.41. The molecule has 1 amide bonds. The maximum Gasteiger partial charge on any atom is 0.220 e. The Hall–Kier alpha value is -0.280. The van der Waals surface area contributed by atoms with Crippen molar-refractivity contribution in [2.75, 3.05) is 0 Å². The van der Waals surface area contributed by atoms with E-state index in [9.17, 15) is 4.79 Å². The van der Waals surface area contributed by atoms with Gasteiger partial charge < -0.3 is 11.1 Å². The first kappa shape index (κ1) is 13.8. The summed E-state index contributed by atoms with van der Waals surface area (Å²) in [5.74, 6) is 1.78. The van der Waals surface area contributed by atoms with E-state index in [0.717, 1.165) is 18.3 Å². The van der Waals surface area contributed by atoms with Gasteiger partial charge in [0.15, 0.2) is 0 Å². The Balaban J connectivity index is 0.00000128. The molecular weight excluding hydrogens is 224 g/mol. The molecule has 2 fully saturated rings. The summed E-state index contributed by atoms with van der Waals surface area (Å²) >= 11 is 0. The number of rotatable bonds is 6. The molecule has 3 nitrogen and oxygen atoms in total. The van der Waals surface area contributed by atoms with Gasteiger partial charge in [0.2, 0.25) is 5.91 Å². The van der Waals surface area contributed by atoms with Crippen molar-refractivity contribution in [3.8, 4) is 0 Å². The van der Waals surface area contributed by atoms with Gasteiger partial charge in [0, 0.05) is 18.5 Å². The third-order valence-corrected chi connectivity index (χ3v) is 3.41. The number of carbonyl (C=O) groups is 1. The number of nitrogens with one attached hydrogen (secondary N) is 1. The van der Waals surface area contributed by atoms with Crippen LogP contribution in [0.3, 0.4) is 0 Å². The number of carbonyl (C=O) groups excluding carboxylic acids is 1. The van der Waals surface area contributed by atoms with E-state index in [4.69, 9.17) is 5.73 Å². The zero-order valence-corrected chi connectivity index (χ0v) is 10.8. The molecular formula is C12H23ClN2O. The van der Waals surface area contributed by atoms with Crippen LogP contribution < -0.4 is 11.1 Å². The minimum absolute atomic E-state index is 0. The molecule has 2 aliphatic rings. The van der Waals surface area contributed by atoms with Crippen LogP contribution in [-0.4, -0.2) is 18.0 Å². The number of nitrogens with two attached hydrogens (primary N) is 1. The maximum absolute atomic E-state index is 11.7. The van der Waals surface area contributed by atoms with Crippen LogP contribution in [0.5, 0.6) is 0 Å². The van der Waals surface area contributed by atoms with Crippen molar-refractivity contribution in [3.63, 3.8) is 0 Å². The molecule has 0 aromatic carbocycles. The molecule has 16 heavy (non-hydrogen) atoms. The van der Waals surface area contributed by atoms with E-state index in [1.54, 1.807) is 0 Å². The molecule has 0 aromatic rings. The van der Waals surface area contributed by atoms with Gasteiger partial charge in [0.05, 0.1) is 0 Å². The average molecular weight is 247 g/mol. The SMILES string of the molecule is CC(N)CCC(=O)NC(C1CC1)C1CC1.Cl. The molecule has 0 bridgehead atoms. The molecule has 4 heteroatoms. The second-order valence-electron chi connectivity index (χ2n) is 5.28. The molecule has 0 saturated heterocycles. The van der Waals surface area contributed by atoms with Gasteiger partial charge in [-0.05, 0) is 50.9 Å². The number of halogens is 1. The lowest BCUT2D eigenvalue weighted by molar-refractivity contribution is -0.122. The molecule has 3 N–H and O–H groups in total. The van der Waals surface area contributed by atoms with Crippen LogP contribution in [0, 0.1) is 11.8 Å². The van der Waals surface area contributed by atoms with Crippen molar-refractivity contribution in [2.45, 2.75) is 57.5 Å². The highest BCUT2D eigenvalue weighted by Crippen LogP contribution is 2.44. The highest BCUT2D eigenvalue weighted by molar-refractivity contribution is 5.85. The largest absolute Gasteiger partial charge is 0.353 e. The van der Waals surface area contributed by atoms with Crippen molar-refractivity contribution in [1.82, 2.24) is 5.32 Å². The molecule has 2 rings (SSSR count). The predicted molar refractivity (Wildman–Crippen MR) is 67.5 cm³/mol. The van der Waals surface area contributed by atoms with E-state index >= 15 is 0 Å². The fourth-order valence-electron chi connectivity index (χ4n) is 2.15. The van der Waals surface area contributed by atoms with Gasteiger partial charge in [-0.3, -0.25) is 4.79 Å². The standard InChI is InChI=1S/C12H22N2O.ClH/c1-8(13)2-7-11(15)14-12(9-3-4-9)10-5-6-10;/h8-10,12H,2-7,13H2,1H3,(H,14,15);1H. The third kappa shape index (κ3) is 4.30. The maximum atomic E-state index is 11.7. The van der Waals surface area contributed by atoms with E-state index in [-0.39, 0.29) is 24.4 Å². The van der Waals surface area contributed by atoms with Gasteiger partial charge in [-0.2, -0.15) is 0 Å². The van der Waals surface area contributed by atoms with Crippen molar-refractivity contribution in [3.05, 3.63) is 0 Å². The summed E-state index contributed by atoms with van der Waals surface area (Å²) in [7, 11) is 0. The van der Waals surface area contributed by atoms with Crippen LogP contribution in [0.4, 0.5) is 0 Å². The number of amides is 1. The molecule has 1 unspecified atom stereocenters. The minimum Gasteiger partial charge on any atom is -0.353 e. The topological polar surface area (TPSA) is 55.1 Å². The molecule has 0 radical (unpaired) electrons. The molecule has 2 aliphatic carbocycles. The lowest BCUT2D eigenvalue weighted by Crippen LogP contribution is -2.38. The average Bonchev–Trinajstić information content (AvgIpc) is 3.02. The lowest BCUT2D eigenvalue weighted by atomic mass is 10.1. The van der Waals surface area contributed by atoms with Gasteiger partial charge in [0.1, 0.15) is 0 Å². The van der Waals surface area contributed by atoms with Crippen LogP contribution in [0.1, 0.15) is 45.4 Å². The van der Waals surface area contributed by atoms with Crippen LogP contribution in [-0.2, 0) is 4.79 Å². The Kier molecular flexibility index (Phi) is 5.06. The Morgan fingerprint density at radius 3 is 2.19 bits per heavy atom. The van der Waals surface area contributed by atoms with Crippen LogP contribution in [0.15, 0.2) is 0 Å². The zero-order valence-electron chi connectivity index (χ0n) is 9.95.